The highest BCUT2D eigenvalue weighted by atomic mass is 16.5. The van der Waals surface area contributed by atoms with Crippen molar-refractivity contribution in [2.75, 3.05) is 0 Å². The van der Waals surface area contributed by atoms with Crippen LogP contribution in [0, 0.1) is 0 Å². The monoisotopic (exact) mass is 240 g/mol. The average Bonchev–Trinajstić information content (AvgIpc) is 2.79. The molecule has 0 unspecified atom stereocenters. The molecule has 1 aliphatic carbocycles. The van der Waals surface area contributed by atoms with Crippen LogP contribution in [0.15, 0.2) is 30.3 Å². The summed E-state index contributed by atoms with van der Waals surface area (Å²) >= 11 is 0. The van der Waals surface area contributed by atoms with E-state index in [0.29, 0.717) is 11.7 Å². The molecule has 92 valence electrons. The molecule has 4 rings (SSSR count). The number of hydrogen-bond donors (Lipinski definition) is 1. The Kier molecular flexibility index (Phi) is 2.07. The van der Waals surface area contributed by atoms with Gasteiger partial charge in [0, 0.05) is 11.5 Å². The van der Waals surface area contributed by atoms with E-state index in [2.05, 4.69) is 18.2 Å². The van der Waals surface area contributed by atoms with E-state index < -0.39 is 0 Å². The maximum Gasteiger partial charge on any atom is 0.165 e. The van der Waals surface area contributed by atoms with Crippen molar-refractivity contribution < 1.29 is 9.84 Å². The molecule has 0 amide bonds. The van der Waals surface area contributed by atoms with Crippen LogP contribution in [0.1, 0.15) is 37.2 Å². The van der Waals surface area contributed by atoms with E-state index in [9.17, 15) is 5.11 Å². The third kappa shape index (κ3) is 1.29. The highest BCUT2D eigenvalue weighted by Crippen LogP contribution is 2.52. The van der Waals surface area contributed by atoms with Crippen LogP contribution in [0.2, 0.25) is 0 Å². The fraction of sp³-hybridized carbons (Fsp3) is 0.375. The van der Waals surface area contributed by atoms with Gasteiger partial charge in [0.2, 0.25) is 0 Å². The first-order valence-electron chi connectivity index (χ1n) is 6.76. The summed E-state index contributed by atoms with van der Waals surface area (Å²) in [5.74, 6) is 1.52. The normalized spacial score (nSPS) is 25.6. The Morgan fingerprint density at radius 2 is 1.94 bits per heavy atom. The number of aromatic hydroxyl groups is 1. The fourth-order valence-corrected chi connectivity index (χ4v) is 3.55. The molecular formula is C16H16O2. The number of ether oxygens (including phenoxy) is 1. The number of hydrogen-bond acceptors (Lipinski definition) is 2. The van der Waals surface area contributed by atoms with E-state index in [1.165, 1.54) is 30.2 Å². The lowest BCUT2D eigenvalue weighted by atomic mass is 9.81. The minimum absolute atomic E-state index is 0.283. The van der Waals surface area contributed by atoms with Gasteiger partial charge in [0.15, 0.2) is 11.5 Å². The van der Waals surface area contributed by atoms with Gasteiger partial charge in [-0.3, -0.25) is 0 Å². The largest absolute Gasteiger partial charge is 0.504 e. The highest BCUT2D eigenvalue weighted by molar-refractivity contribution is 5.91. The lowest BCUT2D eigenvalue weighted by Crippen LogP contribution is -2.22. The average molecular weight is 240 g/mol. The van der Waals surface area contributed by atoms with Crippen molar-refractivity contribution in [1.82, 2.24) is 0 Å². The number of phenols is 1. The molecule has 0 aromatic heterocycles. The van der Waals surface area contributed by atoms with E-state index in [1.807, 2.05) is 12.1 Å². The van der Waals surface area contributed by atoms with Crippen molar-refractivity contribution in [2.45, 2.75) is 37.7 Å². The van der Waals surface area contributed by atoms with Gasteiger partial charge in [0.1, 0.15) is 6.10 Å². The smallest absolute Gasteiger partial charge is 0.165 e. The summed E-state index contributed by atoms with van der Waals surface area (Å²) in [5.41, 5.74) is 1.25. The molecule has 1 saturated carbocycles. The summed E-state index contributed by atoms with van der Waals surface area (Å²) in [7, 11) is 0. The van der Waals surface area contributed by atoms with Gasteiger partial charge < -0.3 is 9.84 Å². The van der Waals surface area contributed by atoms with Crippen molar-refractivity contribution >= 4 is 10.8 Å². The lowest BCUT2D eigenvalue weighted by molar-refractivity contribution is 0.160. The van der Waals surface area contributed by atoms with Crippen LogP contribution in [0.5, 0.6) is 11.5 Å². The molecule has 0 bridgehead atoms. The minimum Gasteiger partial charge on any atom is -0.504 e. The van der Waals surface area contributed by atoms with E-state index in [4.69, 9.17) is 4.74 Å². The van der Waals surface area contributed by atoms with Crippen molar-refractivity contribution in [3.8, 4) is 11.5 Å². The summed E-state index contributed by atoms with van der Waals surface area (Å²) < 4.78 is 6.00. The summed E-state index contributed by atoms with van der Waals surface area (Å²) in [5, 5.41) is 12.5. The Labute approximate surface area is 106 Å². The van der Waals surface area contributed by atoms with Gasteiger partial charge in [-0.1, -0.05) is 30.7 Å². The third-order valence-corrected chi connectivity index (χ3v) is 4.36. The molecule has 2 aromatic carbocycles. The SMILES string of the molecule is Oc1cc2ccccc2c2c1O[C@@H]1CCCC[C@H]21. The Morgan fingerprint density at radius 1 is 1.11 bits per heavy atom. The molecule has 0 spiro atoms. The van der Waals surface area contributed by atoms with Crippen molar-refractivity contribution in [2.24, 2.45) is 0 Å². The van der Waals surface area contributed by atoms with E-state index >= 15 is 0 Å². The van der Waals surface area contributed by atoms with Gasteiger partial charge in [-0.2, -0.15) is 0 Å². The summed E-state index contributed by atoms with van der Waals surface area (Å²) in [6, 6.07) is 10.1. The van der Waals surface area contributed by atoms with Crippen molar-refractivity contribution in [1.29, 1.82) is 0 Å². The minimum atomic E-state index is 0.283. The number of benzene rings is 2. The van der Waals surface area contributed by atoms with Crippen LogP contribution < -0.4 is 4.74 Å². The zero-order valence-corrected chi connectivity index (χ0v) is 10.2. The number of fused-ring (bicyclic) bond motifs is 5. The molecular weight excluding hydrogens is 224 g/mol. The number of phenolic OH excluding ortho intramolecular Hbond substituents is 1. The highest BCUT2D eigenvalue weighted by Gasteiger charge is 2.38. The predicted molar refractivity (Wildman–Crippen MR) is 71.2 cm³/mol. The first-order chi connectivity index (χ1) is 8.84. The van der Waals surface area contributed by atoms with E-state index in [0.717, 1.165) is 17.6 Å². The van der Waals surface area contributed by atoms with Crippen LogP contribution >= 0.6 is 0 Å². The van der Waals surface area contributed by atoms with Crippen molar-refractivity contribution in [3.05, 3.63) is 35.9 Å². The Balaban J connectivity index is 2.01. The summed E-state index contributed by atoms with van der Waals surface area (Å²) in [6.45, 7) is 0. The van der Waals surface area contributed by atoms with Crippen LogP contribution in [0.3, 0.4) is 0 Å². The van der Waals surface area contributed by atoms with Crippen LogP contribution in [-0.2, 0) is 0 Å². The first kappa shape index (κ1) is 10.2. The molecule has 1 heterocycles. The molecule has 18 heavy (non-hydrogen) atoms. The Hall–Kier alpha value is -1.70. The topological polar surface area (TPSA) is 29.5 Å². The second kappa shape index (κ2) is 3.64. The van der Waals surface area contributed by atoms with Gasteiger partial charge in [0.25, 0.3) is 0 Å². The van der Waals surface area contributed by atoms with Gasteiger partial charge >= 0.3 is 0 Å². The predicted octanol–water partition coefficient (Wildman–Crippen LogP) is 3.96. The van der Waals surface area contributed by atoms with Crippen LogP contribution in [0.4, 0.5) is 0 Å². The molecule has 1 fully saturated rings. The Morgan fingerprint density at radius 3 is 2.89 bits per heavy atom. The van der Waals surface area contributed by atoms with E-state index in [-0.39, 0.29) is 6.10 Å². The van der Waals surface area contributed by atoms with Gasteiger partial charge in [0.05, 0.1) is 0 Å². The molecule has 2 atom stereocenters. The lowest BCUT2D eigenvalue weighted by Gasteiger charge is -2.24. The van der Waals surface area contributed by atoms with Gasteiger partial charge in [-0.05, 0) is 36.1 Å². The maximum atomic E-state index is 10.2. The quantitative estimate of drug-likeness (QED) is 0.755. The standard InChI is InChI=1S/C16H16O2/c17-13-9-10-5-1-2-6-11(10)15-12-7-3-4-8-14(12)18-16(13)15/h1-2,5-6,9,12,14,17H,3-4,7-8H2/t12-,14+/m0/s1. The van der Waals surface area contributed by atoms with E-state index in [1.54, 1.807) is 0 Å². The zero-order chi connectivity index (χ0) is 12.1. The molecule has 1 aliphatic heterocycles. The first-order valence-corrected chi connectivity index (χ1v) is 6.76. The Bertz CT molecular complexity index is 618. The van der Waals surface area contributed by atoms with Crippen molar-refractivity contribution in [3.63, 3.8) is 0 Å². The van der Waals surface area contributed by atoms with Crippen LogP contribution in [-0.4, -0.2) is 11.2 Å². The van der Waals surface area contributed by atoms with Gasteiger partial charge in [-0.25, -0.2) is 0 Å². The second-order valence-corrected chi connectivity index (χ2v) is 5.41. The molecule has 0 radical (unpaired) electrons. The molecule has 2 aromatic rings. The maximum absolute atomic E-state index is 10.2. The molecule has 2 aliphatic rings. The molecule has 2 heteroatoms. The molecule has 1 N–H and O–H groups in total. The number of rotatable bonds is 0. The second-order valence-electron chi connectivity index (χ2n) is 5.41. The third-order valence-electron chi connectivity index (χ3n) is 4.36. The van der Waals surface area contributed by atoms with Gasteiger partial charge in [-0.15, -0.1) is 0 Å². The zero-order valence-electron chi connectivity index (χ0n) is 10.2. The van der Waals surface area contributed by atoms with Crippen LogP contribution in [0.25, 0.3) is 10.8 Å². The summed E-state index contributed by atoms with van der Waals surface area (Å²) in [4.78, 5) is 0. The molecule has 0 saturated heterocycles. The summed E-state index contributed by atoms with van der Waals surface area (Å²) in [6.07, 6.45) is 5.10. The fourth-order valence-electron chi connectivity index (χ4n) is 3.55. The molecule has 2 nitrogen and oxygen atoms in total.